The van der Waals surface area contributed by atoms with E-state index in [2.05, 4.69) is 27.1 Å². The summed E-state index contributed by atoms with van der Waals surface area (Å²) in [5, 5.41) is 15.1. The number of nitro benzene ring substituents is 1. The third-order valence-corrected chi connectivity index (χ3v) is 6.57. The number of benzene rings is 2. The number of nitrogens with zero attached hydrogens (tertiary/aromatic N) is 7. The van der Waals surface area contributed by atoms with Gasteiger partial charge in [0.15, 0.2) is 5.82 Å². The molecule has 2 aromatic heterocycles. The minimum absolute atomic E-state index is 0.00903. The Morgan fingerprint density at radius 3 is 2.58 bits per heavy atom. The van der Waals surface area contributed by atoms with Gasteiger partial charge in [-0.25, -0.2) is 15.0 Å². The van der Waals surface area contributed by atoms with Crippen LogP contribution in [0.15, 0.2) is 48.7 Å². The first-order valence-corrected chi connectivity index (χ1v) is 11.8. The molecule has 3 heterocycles. The molecule has 1 aliphatic rings. The van der Waals surface area contributed by atoms with Gasteiger partial charge in [0.25, 0.3) is 5.69 Å². The lowest BCUT2D eigenvalue weighted by atomic mass is 10.1. The lowest BCUT2D eigenvalue weighted by Crippen LogP contribution is -2.46. The van der Waals surface area contributed by atoms with E-state index in [0.29, 0.717) is 41.7 Å². The fourth-order valence-corrected chi connectivity index (χ4v) is 4.57. The number of nitrogens with one attached hydrogen (secondary N) is 1. The summed E-state index contributed by atoms with van der Waals surface area (Å²) in [6.07, 6.45) is 1.63. The van der Waals surface area contributed by atoms with Crippen LogP contribution in [0.2, 0.25) is 0 Å². The first-order valence-electron chi connectivity index (χ1n) is 11.8. The molecule has 11 nitrogen and oxygen atoms in total. The maximum Gasteiger partial charge on any atom is 0.294 e. The normalized spacial score (nSPS) is 14.2. The fourth-order valence-electron chi connectivity index (χ4n) is 4.57. The Labute approximate surface area is 208 Å². The van der Waals surface area contributed by atoms with E-state index in [9.17, 15) is 10.1 Å². The second kappa shape index (κ2) is 9.78. The van der Waals surface area contributed by atoms with Crippen LogP contribution in [0.3, 0.4) is 0 Å². The van der Waals surface area contributed by atoms with E-state index in [4.69, 9.17) is 9.72 Å². The van der Waals surface area contributed by atoms with E-state index >= 15 is 0 Å². The molecule has 1 fully saturated rings. The third kappa shape index (κ3) is 4.40. The standard InChI is InChI=1S/C25H28N8O3/c1-4-31-11-13-32(14-12-31)21-16-23(36-3)19(15-22(21)33(34)35)29-25-26-10-9-18(28-25)24-27-17-7-5-6-8-20(17)30(24)2/h5-10,15-16H,4,11-14H2,1-3H3,(H,26,28,29). The van der Waals surface area contributed by atoms with E-state index in [-0.39, 0.29) is 16.6 Å². The Morgan fingerprint density at radius 2 is 1.89 bits per heavy atom. The molecule has 5 rings (SSSR count). The number of fused-ring (bicyclic) bond motifs is 1. The molecule has 186 valence electrons. The molecule has 4 aromatic rings. The van der Waals surface area contributed by atoms with Crippen LogP contribution in [0.5, 0.6) is 5.75 Å². The largest absolute Gasteiger partial charge is 0.494 e. The minimum atomic E-state index is -0.358. The highest BCUT2D eigenvalue weighted by Gasteiger charge is 2.26. The number of methoxy groups -OCH3 is 1. The fraction of sp³-hybridized carbons (Fsp3) is 0.320. The van der Waals surface area contributed by atoms with Crippen LogP contribution in [0.1, 0.15) is 6.92 Å². The van der Waals surface area contributed by atoms with Gasteiger partial charge in [0.2, 0.25) is 5.95 Å². The van der Waals surface area contributed by atoms with Gasteiger partial charge >= 0.3 is 0 Å². The predicted molar refractivity (Wildman–Crippen MR) is 139 cm³/mol. The lowest BCUT2D eigenvalue weighted by Gasteiger charge is -2.35. The van der Waals surface area contributed by atoms with E-state index in [1.807, 2.05) is 40.8 Å². The highest BCUT2D eigenvalue weighted by molar-refractivity contribution is 5.80. The zero-order chi connectivity index (χ0) is 25.2. The zero-order valence-electron chi connectivity index (χ0n) is 20.5. The lowest BCUT2D eigenvalue weighted by molar-refractivity contribution is -0.384. The van der Waals surface area contributed by atoms with Gasteiger partial charge in [0, 0.05) is 51.6 Å². The number of ether oxygens (including phenoxy) is 1. The summed E-state index contributed by atoms with van der Waals surface area (Å²) in [4.78, 5) is 29.7. The molecule has 0 unspecified atom stereocenters. The smallest absolute Gasteiger partial charge is 0.294 e. The topological polar surface area (TPSA) is 114 Å². The number of anilines is 3. The van der Waals surface area contributed by atoms with Crippen molar-refractivity contribution in [1.29, 1.82) is 0 Å². The van der Waals surface area contributed by atoms with Crippen LogP contribution in [-0.2, 0) is 7.05 Å². The summed E-state index contributed by atoms with van der Waals surface area (Å²) in [7, 11) is 3.48. The van der Waals surface area contributed by atoms with Crippen LogP contribution in [0, 0.1) is 10.1 Å². The second-order valence-electron chi connectivity index (χ2n) is 8.59. The maximum atomic E-state index is 12.0. The van der Waals surface area contributed by atoms with Crippen molar-refractivity contribution in [2.45, 2.75) is 6.92 Å². The van der Waals surface area contributed by atoms with Crippen molar-refractivity contribution in [1.82, 2.24) is 24.4 Å². The molecule has 0 radical (unpaired) electrons. The minimum Gasteiger partial charge on any atom is -0.494 e. The van der Waals surface area contributed by atoms with Gasteiger partial charge in [-0.3, -0.25) is 10.1 Å². The number of hydrogen-bond donors (Lipinski definition) is 1. The van der Waals surface area contributed by atoms with Crippen molar-refractivity contribution < 1.29 is 9.66 Å². The predicted octanol–water partition coefficient (Wildman–Crippen LogP) is 3.83. The van der Waals surface area contributed by atoms with Crippen LogP contribution in [0.25, 0.3) is 22.6 Å². The number of likely N-dealkylation sites (N-methyl/N-ethyl adjacent to an activating group) is 1. The molecule has 1 saturated heterocycles. The van der Waals surface area contributed by atoms with Gasteiger partial charge < -0.3 is 24.4 Å². The van der Waals surface area contributed by atoms with Crippen molar-refractivity contribution in [2.24, 2.45) is 7.05 Å². The van der Waals surface area contributed by atoms with Gasteiger partial charge in [-0.15, -0.1) is 0 Å². The van der Waals surface area contributed by atoms with Gasteiger partial charge in [0.1, 0.15) is 17.1 Å². The van der Waals surface area contributed by atoms with Crippen molar-refractivity contribution in [3.63, 3.8) is 0 Å². The van der Waals surface area contributed by atoms with Crippen molar-refractivity contribution in [3.05, 3.63) is 58.8 Å². The molecule has 0 amide bonds. The molecule has 0 atom stereocenters. The molecule has 1 N–H and O–H groups in total. The number of piperazine rings is 1. The molecule has 0 bridgehead atoms. The summed E-state index contributed by atoms with van der Waals surface area (Å²) in [5.41, 5.74) is 3.47. The van der Waals surface area contributed by atoms with Crippen LogP contribution >= 0.6 is 0 Å². The average Bonchev–Trinajstić information content (AvgIpc) is 3.25. The summed E-state index contributed by atoms with van der Waals surface area (Å²) in [6.45, 7) is 6.24. The molecule has 11 heteroatoms. The SMILES string of the molecule is CCN1CCN(c2cc(OC)c(Nc3nccc(-c4nc5ccccc5n4C)n3)cc2[N+](=O)[O-])CC1. The Hall–Kier alpha value is -4.25. The molecule has 0 aliphatic carbocycles. The number of imidazole rings is 1. The quantitative estimate of drug-likeness (QED) is 0.306. The molecular weight excluding hydrogens is 460 g/mol. The Balaban J connectivity index is 1.47. The van der Waals surface area contributed by atoms with Gasteiger partial charge in [-0.05, 0) is 24.7 Å². The number of aromatic nitrogens is 4. The highest BCUT2D eigenvalue weighted by atomic mass is 16.6. The van der Waals surface area contributed by atoms with Gasteiger partial charge in [-0.1, -0.05) is 19.1 Å². The van der Waals surface area contributed by atoms with Crippen LogP contribution in [-0.4, -0.2) is 69.2 Å². The first-order chi connectivity index (χ1) is 17.5. The third-order valence-electron chi connectivity index (χ3n) is 6.57. The summed E-state index contributed by atoms with van der Waals surface area (Å²) >= 11 is 0. The van der Waals surface area contributed by atoms with Gasteiger partial charge in [-0.2, -0.15) is 0 Å². The Morgan fingerprint density at radius 1 is 1.11 bits per heavy atom. The maximum absolute atomic E-state index is 12.0. The number of para-hydroxylation sites is 2. The molecule has 1 aliphatic heterocycles. The molecule has 36 heavy (non-hydrogen) atoms. The Bertz CT molecular complexity index is 1410. The van der Waals surface area contributed by atoms with Crippen molar-refractivity contribution >= 4 is 34.0 Å². The van der Waals surface area contributed by atoms with Crippen LogP contribution < -0.4 is 15.0 Å². The number of hydrogen-bond acceptors (Lipinski definition) is 9. The first kappa shape index (κ1) is 23.5. The summed E-state index contributed by atoms with van der Waals surface area (Å²) in [5.74, 6) is 1.46. The van der Waals surface area contributed by atoms with Crippen LogP contribution in [0.4, 0.5) is 23.0 Å². The second-order valence-corrected chi connectivity index (χ2v) is 8.59. The summed E-state index contributed by atoms with van der Waals surface area (Å²) in [6, 6.07) is 12.9. The van der Waals surface area contributed by atoms with E-state index in [1.54, 1.807) is 25.4 Å². The van der Waals surface area contributed by atoms with E-state index in [0.717, 1.165) is 30.7 Å². The Kier molecular flexibility index (Phi) is 6.38. The van der Waals surface area contributed by atoms with E-state index in [1.165, 1.54) is 6.07 Å². The van der Waals surface area contributed by atoms with Crippen molar-refractivity contribution in [2.75, 3.05) is 50.1 Å². The number of rotatable bonds is 7. The molecule has 2 aromatic carbocycles. The number of aryl methyl sites for hydroxylation is 1. The zero-order valence-corrected chi connectivity index (χ0v) is 20.5. The average molecular weight is 489 g/mol. The monoisotopic (exact) mass is 488 g/mol. The van der Waals surface area contributed by atoms with Gasteiger partial charge in [0.05, 0.1) is 28.8 Å². The molecule has 0 spiro atoms. The summed E-state index contributed by atoms with van der Waals surface area (Å²) < 4.78 is 7.58. The number of nitro groups is 1. The molecule has 0 saturated carbocycles. The van der Waals surface area contributed by atoms with E-state index < -0.39 is 0 Å². The highest BCUT2D eigenvalue weighted by Crippen LogP contribution is 2.39. The molecular formula is C25H28N8O3. The van der Waals surface area contributed by atoms with Crippen molar-refractivity contribution in [3.8, 4) is 17.3 Å².